The molecule has 0 aliphatic carbocycles. The van der Waals surface area contributed by atoms with Gasteiger partial charge in [0, 0.05) is 44.2 Å². The molecule has 9 heteroatoms. The van der Waals surface area contributed by atoms with Gasteiger partial charge in [-0.05, 0) is 49.9 Å². The SMILES string of the molecule is Cc1ccc2nc(N3CCS(=O)(=NCC4CCCO4)c4ccccc4C3)nc(N3CC[C@H](N)C3)c2c1. The monoisotopic (exact) mass is 506 g/mol. The molecule has 2 fully saturated rings. The molecular weight excluding hydrogens is 472 g/mol. The molecule has 3 aromatic rings. The number of benzene rings is 2. The van der Waals surface area contributed by atoms with Crippen molar-refractivity contribution in [3.8, 4) is 0 Å². The highest BCUT2D eigenvalue weighted by Crippen LogP contribution is 2.32. The Balaban J connectivity index is 1.39. The zero-order valence-corrected chi connectivity index (χ0v) is 21.6. The van der Waals surface area contributed by atoms with Crippen LogP contribution in [0.5, 0.6) is 0 Å². The molecule has 2 aromatic carbocycles. The zero-order chi connectivity index (χ0) is 24.7. The molecule has 0 bridgehead atoms. The van der Waals surface area contributed by atoms with Crippen LogP contribution < -0.4 is 15.5 Å². The van der Waals surface area contributed by atoms with Crippen molar-refractivity contribution in [3.05, 3.63) is 53.6 Å². The summed E-state index contributed by atoms with van der Waals surface area (Å²) in [6.07, 6.45) is 3.07. The predicted molar refractivity (Wildman–Crippen MR) is 144 cm³/mol. The Hall–Kier alpha value is -2.75. The van der Waals surface area contributed by atoms with Crippen LogP contribution in [-0.2, 0) is 21.0 Å². The van der Waals surface area contributed by atoms with E-state index in [1.807, 2.05) is 18.2 Å². The van der Waals surface area contributed by atoms with Gasteiger partial charge in [0.1, 0.15) is 5.82 Å². The highest BCUT2D eigenvalue weighted by atomic mass is 32.2. The minimum atomic E-state index is -2.57. The number of fused-ring (bicyclic) bond motifs is 2. The highest BCUT2D eigenvalue weighted by molar-refractivity contribution is 7.93. The van der Waals surface area contributed by atoms with E-state index in [1.54, 1.807) is 0 Å². The molecule has 3 atom stereocenters. The van der Waals surface area contributed by atoms with E-state index in [0.29, 0.717) is 31.3 Å². The molecule has 0 amide bonds. The lowest BCUT2D eigenvalue weighted by molar-refractivity contribution is 0.118. The van der Waals surface area contributed by atoms with Crippen LogP contribution in [-0.4, -0.2) is 64.9 Å². The third-order valence-electron chi connectivity index (χ3n) is 7.45. The van der Waals surface area contributed by atoms with Crippen LogP contribution in [0.3, 0.4) is 0 Å². The molecule has 8 nitrogen and oxygen atoms in total. The normalized spacial score (nSPS) is 26.3. The van der Waals surface area contributed by atoms with E-state index in [4.69, 9.17) is 24.8 Å². The Morgan fingerprint density at radius 2 is 2.03 bits per heavy atom. The number of rotatable bonds is 4. The Bertz CT molecular complexity index is 1400. The van der Waals surface area contributed by atoms with Crippen molar-refractivity contribution < 1.29 is 8.95 Å². The van der Waals surface area contributed by atoms with Crippen LogP contribution in [0.2, 0.25) is 0 Å². The molecule has 3 aliphatic heterocycles. The second kappa shape index (κ2) is 9.61. The van der Waals surface area contributed by atoms with Crippen LogP contribution in [0.1, 0.15) is 30.4 Å². The van der Waals surface area contributed by atoms with Crippen LogP contribution in [0.15, 0.2) is 51.7 Å². The van der Waals surface area contributed by atoms with Crippen molar-refractivity contribution >= 4 is 32.4 Å². The zero-order valence-electron chi connectivity index (χ0n) is 20.8. The number of nitrogens with two attached hydrogens (primary N) is 1. The molecular formula is C27H34N6O2S. The van der Waals surface area contributed by atoms with Crippen molar-refractivity contribution in [2.24, 2.45) is 10.1 Å². The second-order valence-electron chi connectivity index (χ2n) is 10.2. The molecule has 0 spiro atoms. The summed E-state index contributed by atoms with van der Waals surface area (Å²) in [6, 6.07) is 14.5. The lowest BCUT2D eigenvalue weighted by Gasteiger charge is -2.25. The van der Waals surface area contributed by atoms with E-state index in [2.05, 4.69) is 41.0 Å². The summed E-state index contributed by atoms with van der Waals surface area (Å²) in [7, 11) is -2.57. The maximum atomic E-state index is 14.2. The Morgan fingerprint density at radius 3 is 2.83 bits per heavy atom. The molecule has 190 valence electrons. The largest absolute Gasteiger partial charge is 0.376 e. The van der Waals surface area contributed by atoms with E-state index in [1.165, 1.54) is 5.56 Å². The van der Waals surface area contributed by atoms with Gasteiger partial charge in [0.15, 0.2) is 0 Å². The summed E-state index contributed by atoms with van der Waals surface area (Å²) in [4.78, 5) is 15.4. The molecule has 0 saturated carbocycles. The molecule has 3 aliphatic rings. The van der Waals surface area contributed by atoms with Crippen molar-refractivity contribution in [1.29, 1.82) is 0 Å². The first-order valence-corrected chi connectivity index (χ1v) is 14.6. The van der Waals surface area contributed by atoms with Crippen molar-refractivity contribution in [2.75, 3.05) is 48.3 Å². The third-order valence-corrected chi connectivity index (χ3v) is 9.84. The number of aromatic nitrogens is 2. The van der Waals surface area contributed by atoms with E-state index in [9.17, 15) is 4.21 Å². The maximum Gasteiger partial charge on any atom is 0.228 e. The lowest BCUT2D eigenvalue weighted by Crippen LogP contribution is -2.30. The number of hydrogen-bond acceptors (Lipinski definition) is 8. The quantitative estimate of drug-likeness (QED) is 0.578. The maximum absolute atomic E-state index is 14.2. The molecule has 2 unspecified atom stereocenters. The van der Waals surface area contributed by atoms with Crippen molar-refractivity contribution in [3.63, 3.8) is 0 Å². The number of hydrogen-bond donors (Lipinski definition) is 1. The number of nitrogens with zero attached hydrogens (tertiary/aromatic N) is 5. The van der Waals surface area contributed by atoms with Gasteiger partial charge in [0.2, 0.25) is 5.95 Å². The number of anilines is 2. The van der Waals surface area contributed by atoms with Gasteiger partial charge in [0.05, 0.1) is 38.5 Å². The average Bonchev–Trinajstić information content (AvgIpc) is 3.54. The van der Waals surface area contributed by atoms with Crippen LogP contribution >= 0.6 is 0 Å². The van der Waals surface area contributed by atoms with E-state index in [-0.39, 0.29) is 12.1 Å². The van der Waals surface area contributed by atoms with E-state index >= 15 is 0 Å². The van der Waals surface area contributed by atoms with Gasteiger partial charge in [-0.2, -0.15) is 4.98 Å². The van der Waals surface area contributed by atoms with Crippen molar-refractivity contribution in [2.45, 2.75) is 49.8 Å². The minimum Gasteiger partial charge on any atom is -0.376 e. The smallest absolute Gasteiger partial charge is 0.228 e. The van der Waals surface area contributed by atoms with Gasteiger partial charge in [-0.1, -0.05) is 29.8 Å². The van der Waals surface area contributed by atoms with Gasteiger partial charge < -0.3 is 20.3 Å². The summed E-state index contributed by atoms with van der Waals surface area (Å²) < 4.78 is 24.8. The van der Waals surface area contributed by atoms with E-state index < -0.39 is 9.73 Å². The van der Waals surface area contributed by atoms with Gasteiger partial charge >= 0.3 is 0 Å². The number of ether oxygens (including phenoxy) is 1. The Labute approximate surface area is 213 Å². The van der Waals surface area contributed by atoms with Gasteiger partial charge in [0.25, 0.3) is 0 Å². The fraction of sp³-hybridized carbons (Fsp3) is 0.481. The predicted octanol–water partition coefficient (Wildman–Crippen LogP) is 3.50. The minimum absolute atomic E-state index is 0.0801. The molecule has 2 saturated heterocycles. The van der Waals surface area contributed by atoms with Gasteiger partial charge in [-0.25, -0.2) is 13.6 Å². The third kappa shape index (κ3) is 4.55. The highest BCUT2D eigenvalue weighted by Gasteiger charge is 2.28. The molecule has 4 heterocycles. The summed E-state index contributed by atoms with van der Waals surface area (Å²) in [5.41, 5.74) is 9.37. The first-order valence-electron chi connectivity index (χ1n) is 12.9. The molecule has 36 heavy (non-hydrogen) atoms. The Morgan fingerprint density at radius 1 is 1.14 bits per heavy atom. The molecule has 6 rings (SSSR count). The molecule has 1 aromatic heterocycles. The van der Waals surface area contributed by atoms with Crippen LogP contribution in [0.4, 0.5) is 11.8 Å². The fourth-order valence-corrected chi connectivity index (χ4v) is 7.64. The first-order chi connectivity index (χ1) is 17.5. The van der Waals surface area contributed by atoms with Crippen molar-refractivity contribution in [1.82, 2.24) is 9.97 Å². The van der Waals surface area contributed by atoms with Gasteiger partial charge in [-0.3, -0.25) is 0 Å². The summed E-state index contributed by atoms with van der Waals surface area (Å²) in [6.45, 7) is 6.19. The molecule has 0 radical (unpaired) electrons. The summed E-state index contributed by atoms with van der Waals surface area (Å²) in [5.74, 6) is 2.04. The molecule has 2 N–H and O–H groups in total. The number of aryl methyl sites for hydroxylation is 1. The average molecular weight is 507 g/mol. The van der Waals surface area contributed by atoms with Crippen LogP contribution in [0.25, 0.3) is 10.9 Å². The van der Waals surface area contributed by atoms with Crippen LogP contribution in [0, 0.1) is 6.92 Å². The van der Waals surface area contributed by atoms with E-state index in [0.717, 1.165) is 66.1 Å². The lowest BCUT2D eigenvalue weighted by atomic mass is 10.1. The second-order valence-corrected chi connectivity index (χ2v) is 12.6. The fourth-order valence-electron chi connectivity index (χ4n) is 5.45. The summed E-state index contributed by atoms with van der Waals surface area (Å²) >= 11 is 0. The Kier molecular flexibility index (Phi) is 6.31. The van der Waals surface area contributed by atoms with Gasteiger partial charge in [-0.15, -0.1) is 0 Å². The standard InChI is InChI=1S/C27H34N6O2S/c1-19-8-9-24-23(15-19)26(32-11-10-21(28)18-32)31-27(30-24)33-12-14-36(34,29-16-22-6-4-13-35-22)25-7-3-2-5-20(25)17-33/h2-3,5,7-9,15,21-22H,4,6,10-14,16-18,28H2,1H3/t21-,22?,36?/m0/s1. The first kappa shape index (κ1) is 23.6. The summed E-state index contributed by atoms with van der Waals surface area (Å²) in [5, 5.41) is 1.05. The topological polar surface area (TPSA) is 96.9 Å².